The van der Waals surface area contributed by atoms with E-state index in [9.17, 15) is 13.2 Å². The SMILES string of the molecule is Cc1nc(N(C)C(=O)C2(C)CCc3cc(-c4ccccn4)ccc3O2)sc1S(N)(=O)=O. The number of hydrogen-bond acceptors (Lipinski definition) is 7. The highest BCUT2D eigenvalue weighted by Crippen LogP contribution is 2.38. The molecule has 1 amide bonds. The van der Waals surface area contributed by atoms with Gasteiger partial charge in [-0.1, -0.05) is 17.4 Å². The fraction of sp³-hybridized carbons (Fsp3) is 0.286. The number of rotatable bonds is 4. The van der Waals surface area contributed by atoms with E-state index in [1.165, 1.54) is 4.90 Å². The Bertz CT molecular complexity index is 1260. The first kappa shape index (κ1) is 21.4. The van der Waals surface area contributed by atoms with E-state index >= 15 is 0 Å². The summed E-state index contributed by atoms with van der Waals surface area (Å²) < 4.78 is 29.5. The van der Waals surface area contributed by atoms with E-state index in [-0.39, 0.29) is 20.9 Å². The van der Waals surface area contributed by atoms with Crippen LogP contribution in [0.25, 0.3) is 11.3 Å². The monoisotopic (exact) mass is 458 g/mol. The van der Waals surface area contributed by atoms with Crippen LogP contribution < -0.4 is 14.8 Å². The molecule has 0 radical (unpaired) electrons. The molecule has 0 spiro atoms. The molecule has 1 aliphatic rings. The van der Waals surface area contributed by atoms with Crippen LogP contribution in [0.3, 0.4) is 0 Å². The zero-order chi connectivity index (χ0) is 22.4. The number of hydrogen-bond donors (Lipinski definition) is 1. The highest BCUT2D eigenvalue weighted by molar-refractivity contribution is 7.91. The topological polar surface area (TPSA) is 115 Å². The van der Waals surface area contributed by atoms with Crippen LogP contribution in [0.4, 0.5) is 5.13 Å². The van der Waals surface area contributed by atoms with Crippen molar-refractivity contribution >= 4 is 32.4 Å². The van der Waals surface area contributed by atoms with Crippen molar-refractivity contribution < 1.29 is 17.9 Å². The van der Waals surface area contributed by atoms with Crippen LogP contribution in [0, 0.1) is 6.92 Å². The van der Waals surface area contributed by atoms with Crippen LogP contribution in [0.2, 0.25) is 0 Å². The van der Waals surface area contributed by atoms with Gasteiger partial charge in [0.2, 0.25) is 10.0 Å². The molecule has 1 aliphatic heterocycles. The summed E-state index contributed by atoms with van der Waals surface area (Å²) in [4.78, 5) is 23.2. The second-order valence-electron chi connectivity index (χ2n) is 7.65. The molecule has 0 saturated heterocycles. The molecule has 162 valence electrons. The zero-order valence-corrected chi connectivity index (χ0v) is 19.0. The molecule has 3 aromatic rings. The Balaban J connectivity index is 1.58. The summed E-state index contributed by atoms with van der Waals surface area (Å²) in [6, 6.07) is 11.6. The fourth-order valence-electron chi connectivity index (χ4n) is 3.60. The fourth-order valence-corrected chi connectivity index (χ4v) is 5.51. The van der Waals surface area contributed by atoms with Crippen molar-refractivity contribution in [2.24, 2.45) is 5.14 Å². The number of amides is 1. The molecular formula is C21H22N4O4S2. The van der Waals surface area contributed by atoms with Crippen molar-refractivity contribution in [1.29, 1.82) is 0 Å². The maximum absolute atomic E-state index is 13.3. The van der Waals surface area contributed by atoms with Gasteiger partial charge in [0.05, 0.1) is 11.4 Å². The Morgan fingerprint density at radius 1 is 1.29 bits per heavy atom. The molecule has 4 rings (SSSR count). The summed E-state index contributed by atoms with van der Waals surface area (Å²) in [6.45, 7) is 3.29. The van der Waals surface area contributed by atoms with Crippen molar-refractivity contribution in [3.05, 3.63) is 53.9 Å². The number of aromatic nitrogens is 2. The molecular weight excluding hydrogens is 436 g/mol. The number of anilines is 1. The van der Waals surface area contributed by atoms with Crippen molar-refractivity contribution in [2.45, 2.75) is 36.5 Å². The molecule has 1 unspecified atom stereocenters. The Kier molecular flexibility index (Phi) is 5.32. The number of benzene rings is 1. The predicted octanol–water partition coefficient (Wildman–Crippen LogP) is 2.91. The molecule has 2 N–H and O–H groups in total. The highest BCUT2D eigenvalue weighted by atomic mass is 32.2. The lowest BCUT2D eigenvalue weighted by atomic mass is 9.90. The number of nitrogens with zero attached hydrogens (tertiary/aromatic N) is 3. The molecule has 0 saturated carbocycles. The van der Waals surface area contributed by atoms with E-state index in [1.54, 1.807) is 27.1 Å². The number of nitrogens with two attached hydrogens (primary N) is 1. The van der Waals surface area contributed by atoms with Crippen molar-refractivity contribution in [2.75, 3.05) is 11.9 Å². The van der Waals surface area contributed by atoms with E-state index in [0.29, 0.717) is 18.6 Å². The Morgan fingerprint density at radius 3 is 2.71 bits per heavy atom. The second-order valence-corrected chi connectivity index (χ2v) is 10.4. The van der Waals surface area contributed by atoms with Gasteiger partial charge in [-0.05, 0) is 56.2 Å². The van der Waals surface area contributed by atoms with Gasteiger partial charge in [0.25, 0.3) is 5.91 Å². The van der Waals surface area contributed by atoms with Gasteiger partial charge < -0.3 is 4.74 Å². The normalized spacial score (nSPS) is 18.2. The van der Waals surface area contributed by atoms with Crippen LogP contribution in [-0.4, -0.2) is 36.9 Å². The summed E-state index contributed by atoms with van der Waals surface area (Å²) in [5, 5.41) is 5.49. The number of pyridine rings is 1. The minimum absolute atomic E-state index is 0.0516. The predicted molar refractivity (Wildman–Crippen MR) is 119 cm³/mol. The van der Waals surface area contributed by atoms with E-state index in [4.69, 9.17) is 9.88 Å². The smallest absolute Gasteiger partial charge is 0.272 e. The molecule has 3 heterocycles. The number of sulfonamides is 1. The van der Waals surface area contributed by atoms with E-state index < -0.39 is 15.6 Å². The lowest BCUT2D eigenvalue weighted by molar-refractivity contribution is -0.133. The summed E-state index contributed by atoms with van der Waals surface area (Å²) >= 11 is 0.869. The zero-order valence-electron chi connectivity index (χ0n) is 17.3. The number of carbonyl (C=O) groups excluding carboxylic acids is 1. The van der Waals surface area contributed by atoms with Gasteiger partial charge >= 0.3 is 0 Å². The third kappa shape index (κ3) is 4.06. The Labute approximate surface area is 184 Å². The largest absolute Gasteiger partial charge is 0.477 e. The first-order valence-corrected chi connectivity index (χ1v) is 12.0. The number of thiazole rings is 1. The average molecular weight is 459 g/mol. The third-order valence-electron chi connectivity index (χ3n) is 5.27. The summed E-state index contributed by atoms with van der Waals surface area (Å²) in [5.74, 6) is 0.345. The molecule has 1 atom stereocenters. The van der Waals surface area contributed by atoms with E-state index in [0.717, 1.165) is 28.2 Å². The van der Waals surface area contributed by atoms with E-state index in [2.05, 4.69) is 9.97 Å². The first-order valence-electron chi connectivity index (χ1n) is 9.60. The molecule has 1 aromatic carbocycles. The molecule has 2 aromatic heterocycles. The number of likely N-dealkylation sites (N-methyl/N-ethyl adjacent to an activating group) is 1. The summed E-state index contributed by atoms with van der Waals surface area (Å²) in [5.41, 5.74) is 2.04. The van der Waals surface area contributed by atoms with Crippen LogP contribution in [0.15, 0.2) is 46.8 Å². The number of primary sulfonamides is 1. The van der Waals surface area contributed by atoms with Gasteiger partial charge in [0.1, 0.15) is 5.75 Å². The van der Waals surface area contributed by atoms with Crippen molar-refractivity contribution in [3.8, 4) is 17.0 Å². The first-order chi connectivity index (χ1) is 14.6. The molecule has 8 nitrogen and oxygen atoms in total. The average Bonchev–Trinajstić information content (AvgIpc) is 3.15. The standard InChI is InChI=1S/C21H22N4O4S2/c1-13-18(31(22,27)28)30-20(24-13)25(3)19(26)21(2)10-9-15-12-14(7-8-17(15)29-21)16-6-4-5-11-23-16/h4-8,11-12H,9-10H2,1-3H3,(H2,22,27,28). The summed E-state index contributed by atoms with van der Waals surface area (Å²) in [6.07, 6.45) is 2.88. The lowest BCUT2D eigenvalue weighted by Gasteiger charge is -2.36. The molecule has 0 fully saturated rings. The minimum Gasteiger partial charge on any atom is -0.477 e. The van der Waals surface area contributed by atoms with Crippen molar-refractivity contribution in [3.63, 3.8) is 0 Å². The van der Waals surface area contributed by atoms with Gasteiger partial charge in [-0.15, -0.1) is 0 Å². The number of carbonyl (C=O) groups is 1. The minimum atomic E-state index is -3.90. The van der Waals surface area contributed by atoms with Gasteiger partial charge in [0.15, 0.2) is 14.9 Å². The molecule has 10 heteroatoms. The Hall–Kier alpha value is -2.82. The number of aryl methyl sites for hydroxylation is 2. The van der Waals surface area contributed by atoms with Crippen LogP contribution in [0.5, 0.6) is 5.75 Å². The van der Waals surface area contributed by atoms with Gasteiger partial charge in [-0.3, -0.25) is 14.7 Å². The summed E-state index contributed by atoms with van der Waals surface area (Å²) in [7, 11) is -2.34. The second kappa shape index (κ2) is 7.70. The maximum Gasteiger partial charge on any atom is 0.272 e. The van der Waals surface area contributed by atoms with Gasteiger partial charge in [-0.2, -0.15) is 0 Å². The quantitative estimate of drug-likeness (QED) is 0.643. The Morgan fingerprint density at radius 2 is 2.06 bits per heavy atom. The van der Waals surface area contributed by atoms with Crippen LogP contribution >= 0.6 is 11.3 Å². The van der Waals surface area contributed by atoms with Crippen LogP contribution in [-0.2, 0) is 21.2 Å². The van der Waals surface area contributed by atoms with Crippen molar-refractivity contribution in [1.82, 2.24) is 9.97 Å². The van der Waals surface area contributed by atoms with Gasteiger partial charge in [0, 0.05) is 25.2 Å². The molecule has 0 bridgehead atoms. The van der Waals surface area contributed by atoms with Crippen LogP contribution in [0.1, 0.15) is 24.6 Å². The third-order valence-corrected chi connectivity index (χ3v) is 8.06. The highest BCUT2D eigenvalue weighted by Gasteiger charge is 2.42. The number of fused-ring (bicyclic) bond motifs is 1. The number of ether oxygens (including phenoxy) is 1. The van der Waals surface area contributed by atoms with Gasteiger partial charge in [-0.25, -0.2) is 18.5 Å². The molecule has 31 heavy (non-hydrogen) atoms. The maximum atomic E-state index is 13.3. The lowest BCUT2D eigenvalue weighted by Crippen LogP contribution is -2.51. The van der Waals surface area contributed by atoms with E-state index in [1.807, 2.05) is 36.4 Å². The molecule has 0 aliphatic carbocycles.